The number of carbonyl (C=O) groups excluding carboxylic acids is 1. The molecule has 3 N–H and O–H groups in total. The van der Waals surface area contributed by atoms with Crippen molar-refractivity contribution in [2.24, 2.45) is 0 Å². The van der Waals surface area contributed by atoms with Gasteiger partial charge in [-0.15, -0.1) is 0 Å². The largest absolute Gasteiger partial charge is 0.507 e. The standard InChI is InChI=1S/C21H22N4O3/c1-28-16-8-6-13(7-9-16)20-23-19(24-25-20)12-22-21(27)17-10-14-4-2-3-5-15(14)11-18(17)26/h6-11,26H,2-5,12H2,1H3,(H,22,27)(H,23,24,25). The monoisotopic (exact) mass is 378 g/mol. The molecule has 0 unspecified atom stereocenters. The fourth-order valence-corrected chi connectivity index (χ4v) is 3.46. The zero-order valence-electron chi connectivity index (χ0n) is 15.7. The Kier molecular flexibility index (Phi) is 4.97. The van der Waals surface area contributed by atoms with Crippen LogP contribution in [0.5, 0.6) is 11.5 Å². The van der Waals surface area contributed by atoms with Crippen LogP contribution in [0.1, 0.15) is 40.2 Å². The number of carbonyl (C=O) groups is 1. The van der Waals surface area contributed by atoms with E-state index in [4.69, 9.17) is 4.74 Å². The summed E-state index contributed by atoms with van der Waals surface area (Å²) >= 11 is 0. The van der Waals surface area contributed by atoms with E-state index in [1.807, 2.05) is 30.3 Å². The molecule has 0 aliphatic heterocycles. The number of nitrogens with zero attached hydrogens (tertiary/aromatic N) is 2. The van der Waals surface area contributed by atoms with Gasteiger partial charge in [0.15, 0.2) is 5.82 Å². The van der Waals surface area contributed by atoms with Crippen molar-refractivity contribution in [3.63, 3.8) is 0 Å². The van der Waals surface area contributed by atoms with Gasteiger partial charge in [-0.25, -0.2) is 4.98 Å². The number of rotatable bonds is 5. The fraction of sp³-hybridized carbons (Fsp3) is 0.286. The average Bonchev–Trinajstić information content (AvgIpc) is 3.20. The molecule has 0 bridgehead atoms. The highest BCUT2D eigenvalue weighted by Crippen LogP contribution is 2.28. The zero-order valence-corrected chi connectivity index (χ0v) is 15.7. The topological polar surface area (TPSA) is 100 Å². The average molecular weight is 378 g/mol. The smallest absolute Gasteiger partial charge is 0.255 e. The highest BCUT2D eigenvalue weighted by Gasteiger charge is 2.18. The van der Waals surface area contributed by atoms with Crippen molar-refractivity contribution in [1.29, 1.82) is 0 Å². The first-order valence-corrected chi connectivity index (χ1v) is 9.32. The molecular weight excluding hydrogens is 356 g/mol. The Bertz CT molecular complexity index is 995. The Hall–Kier alpha value is -3.35. The molecule has 7 nitrogen and oxygen atoms in total. The number of ether oxygens (including phenoxy) is 1. The molecule has 1 aliphatic rings. The molecule has 1 aliphatic carbocycles. The Labute approximate surface area is 162 Å². The lowest BCUT2D eigenvalue weighted by atomic mass is 9.90. The Morgan fingerprint density at radius 3 is 2.61 bits per heavy atom. The van der Waals surface area contributed by atoms with Crippen LogP contribution in [0, 0.1) is 0 Å². The lowest BCUT2D eigenvalue weighted by Gasteiger charge is -2.17. The number of benzene rings is 2. The molecular formula is C21H22N4O3. The van der Waals surface area contributed by atoms with Gasteiger partial charge in [0.05, 0.1) is 19.2 Å². The first-order valence-electron chi connectivity index (χ1n) is 9.32. The normalized spacial score (nSPS) is 13.0. The number of amides is 1. The second-order valence-electron chi connectivity index (χ2n) is 6.86. The highest BCUT2D eigenvalue weighted by molar-refractivity contribution is 5.97. The highest BCUT2D eigenvalue weighted by atomic mass is 16.5. The Balaban J connectivity index is 1.43. The van der Waals surface area contributed by atoms with E-state index in [2.05, 4.69) is 20.5 Å². The number of phenols is 1. The summed E-state index contributed by atoms with van der Waals surface area (Å²) in [6.07, 6.45) is 4.14. The molecule has 0 fully saturated rings. The predicted molar refractivity (Wildman–Crippen MR) is 104 cm³/mol. The van der Waals surface area contributed by atoms with Crippen molar-refractivity contribution in [2.75, 3.05) is 7.11 Å². The number of hydrogen-bond donors (Lipinski definition) is 3. The molecule has 1 heterocycles. The minimum absolute atomic E-state index is 0.0228. The van der Waals surface area contributed by atoms with E-state index in [1.54, 1.807) is 13.2 Å². The maximum atomic E-state index is 12.5. The van der Waals surface area contributed by atoms with Crippen LogP contribution in [0.25, 0.3) is 11.4 Å². The quantitative estimate of drug-likeness (QED) is 0.634. The van der Waals surface area contributed by atoms with Crippen molar-refractivity contribution in [2.45, 2.75) is 32.2 Å². The van der Waals surface area contributed by atoms with E-state index in [9.17, 15) is 9.90 Å². The number of fused-ring (bicyclic) bond motifs is 1. The summed E-state index contributed by atoms with van der Waals surface area (Å²) in [5, 5.41) is 20.0. The maximum Gasteiger partial charge on any atom is 0.255 e. The molecule has 0 spiro atoms. The summed E-state index contributed by atoms with van der Waals surface area (Å²) in [7, 11) is 1.61. The molecule has 1 amide bonds. The summed E-state index contributed by atoms with van der Waals surface area (Å²) in [5.74, 6) is 1.54. The first kappa shape index (κ1) is 18.0. The summed E-state index contributed by atoms with van der Waals surface area (Å²) in [6.45, 7) is 0.193. The van der Waals surface area contributed by atoms with E-state index in [-0.39, 0.29) is 18.2 Å². The molecule has 2 aromatic carbocycles. The van der Waals surface area contributed by atoms with Crippen LogP contribution in [0.15, 0.2) is 36.4 Å². The molecule has 0 saturated carbocycles. The molecule has 7 heteroatoms. The fourth-order valence-electron chi connectivity index (χ4n) is 3.46. The zero-order chi connectivity index (χ0) is 19.5. The van der Waals surface area contributed by atoms with E-state index < -0.39 is 0 Å². The van der Waals surface area contributed by atoms with E-state index in [0.29, 0.717) is 17.2 Å². The lowest BCUT2D eigenvalue weighted by Crippen LogP contribution is -2.24. The lowest BCUT2D eigenvalue weighted by molar-refractivity contribution is 0.0947. The molecule has 0 atom stereocenters. The van der Waals surface area contributed by atoms with Gasteiger partial charge in [-0.3, -0.25) is 9.89 Å². The number of aromatic nitrogens is 3. The van der Waals surface area contributed by atoms with E-state index in [0.717, 1.165) is 48.1 Å². The summed E-state index contributed by atoms with van der Waals surface area (Å²) in [5.41, 5.74) is 3.44. The van der Waals surface area contributed by atoms with Gasteiger partial charge in [-0.05, 0) is 73.2 Å². The van der Waals surface area contributed by atoms with Gasteiger partial charge in [-0.1, -0.05) is 0 Å². The van der Waals surface area contributed by atoms with Crippen LogP contribution >= 0.6 is 0 Å². The summed E-state index contributed by atoms with van der Waals surface area (Å²) in [4.78, 5) is 16.9. The van der Waals surface area contributed by atoms with Gasteiger partial charge in [0, 0.05) is 5.56 Å². The minimum atomic E-state index is -0.326. The molecule has 28 heavy (non-hydrogen) atoms. The van der Waals surface area contributed by atoms with Crippen LogP contribution in [0.4, 0.5) is 0 Å². The molecule has 4 rings (SSSR count). The molecule has 3 aromatic rings. The Morgan fingerprint density at radius 2 is 1.89 bits per heavy atom. The third-order valence-corrected chi connectivity index (χ3v) is 5.00. The van der Waals surface area contributed by atoms with Gasteiger partial charge < -0.3 is 15.2 Å². The second-order valence-corrected chi connectivity index (χ2v) is 6.86. The molecule has 1 aromatic heterocycles. The van der Waals surface area contributed by atoms with E-state index in [1.165, 1.54) is 0 Å². The predicted octanol–water partition coefficient (Wildman–Crippen LogP) is 2.99. The number of H-pyrrole nitrogens is 1. The van der Waals surface area contributed by atoms with Gasteiger partial charge in [0.25, 0.3) is 5.91 Å². The van der Waals surface area contributed by atoms with Crippen molar-refractivity contribution in [3.05, 3.63) is 58.9 Å². The van der Waals surface area contributed by atoms with Crippen molar-refractivity contribution in [1.82, 2.24) is 20.5 Å². The van der Waals surface area contributed by atoms with Gasteiger partial charge in [0.2, 0.25) is 0 Å². The van der Waals surface area contributed by atoms with Gasteiger partial charge in [0.1, 0.15) is 17.3 Å². The maximum absolute atomic E-state index is 12.5. The van der Waals surface area contributed by atoms with Gasteiger partial charge in [-0.2, -0.15) is 5.10 Å². The Morgan fingerprint density at radius 1 is 1.18 bits per heavy atom. The number of aromatic amines is 1. The van der Waals surface area contributed by atoms with Crippen molar-refractivity contribution < 1.29 is 14.6 Å². The summed E-state index contributed by atoms with van der Waals surface area (Å²) in [6, 6.07) is 10.9. The molecule has 144 valence electrons. The number of aromatic hydroxyl groups is 1. The van der Waals surface area contributed by atoms with Crippen LogP contribution in [-0.4, -0.2) is 33.3 Å². The van der Waals surface area contributed by atoms with Crippen molar-refractivity contribution >= 4 is 5.91 Å². The minimum Gasteiger partial charge on any atom is -0.507 e. The van der Waals surface area contributed by atoms with Crippen LogP contribution in [-0.2, 0) is 19.4 Å². The molecule has 0 radical (unpaired) electrons. The third-order valence-electron chi connectivity index (χ3n) is 5.00. The molecule has 0 saturated heterocycles. The number of hydrogen-bond acceptors (Lipinski definition) is 5. The van der Waals surface area contributed by atoms with Crippen molar-refractivity contribution in [3.8, 4) is 22.9 Å². The van der Waals surface area contributed by atoms with E-state index >= 15 is 0 Å². The number of aryl methyl sites for hydroxylation is 2. The third kappa shape index (κ3) is 3.69. The SMILES string of the molecule is COc1ccc(-c2n[nH]c(CNC(=O)c3cc4c(cc3O)CCCC4)n2)cc1. The van der Waals surface area contributed by atoms with Crippen LogP contribution in [0.2, 0.25) is 0 Å². The van der Waals surface area contributed by atoms with Gasteiger partial charge >= 0.3 is 0 Å². The first-order chi connectivity index (χ1) is 13.6. The summed E-state index contributed by atoms with van der Waals surface area (Å²) < 4.78 is 5.14. The van der Waals surface area contributed by atoms with Crippen LogP contribution in [0.3, 0.4) is 0 Å². The number of phenolic OH excluding ortho intramolecular Hbond substituents is 1. The number of methoxy groups -OCH3 is 1. The second kappa shape index (κ2) is 7.72. The van der Waals surface area contributed by atoms with Crippen LogP contribution < -0.4 is 10.1 Å². The number of nitrogens with one attached hydrogen (secondary N) is 2.